The van der Waals surface area contributed by atoms with E-state index in [1.807, 2.05) is 6.07 Å². The number of rotatable bonds is 4. The molecule has 1 atom stereocenters. The number of nitriles is 1. The molecule has 0 fully saturated rings. The van der Waals surface area contributed by atoms with Crippen LogP contribution >= 0.6 is 34.7 Å². The van der Waals surface area contributed by atoms with Gasteiger partial charge in [0, 0.05) is 7.11 Å². The van der Waals surface area contributed by atoms with Crippen molar-refractivity contribution in [2.24, 2.45) is 0 Å². The highest BCUT2D eigenvalue weighted by Crippen LogP contribution is 2.28. The normalized spacial score (nSPS) is 11.9. The standard InChI is InChI=1S/C8H7Cl2N3O2S/c1-15-4(2-11)3-12-8(14)6-5(9)7(10)13-16-6/h4H,3H2,1H3,(H,12,14). The number of aromatic nitrogens is 1. The molecule has 0 radical (unpaired) electrons. The van der Waals surface area contributed by atoms with Crippen molar-refractivity contribution in [1.29, 1.82) is 5.26 Å². The van der Waals surface area contributed by atoms with Crippen LogP contribution in [0.25, 0.3) is 0 Å². The van der Waals surface area contributed by atoms with Gasteiger partial charge in [-0.15, -0.1) is 0 Å². The molecular formula is C8H7Cl2N3O2S. The molecule has 8 heteroatoms. The monoisotopic (exact) mass is 279 g/mol. The number of ether oxygens (including phenoxy) is 1. The minimum atomic E-state index is -0.689. The summed E-state index contributed by atoms with van der Waals surface area (Å²) in [6.45, 7) is 0.0810. The molecule has 86 valence electrons. The fraction of sp³-hybridized carbons (Fsp3) is 0.375. The molecule has 0 aliphatic rings. The van der Waals surface area contributed by atoms with E-state index < -0.39 is 12.0 Å². The third kappa shape index (κ3) is 3.06. The van der Waals surface area contributed by atoms with E-state index in [9.17, 15) is 4.79 Å². The first-order valence-electron chi connectivity index (χ1n) is 4.11. The maximum atomic E-state index is 11.6. The SMILES string of the molecule is COC(C#N)CNC(=O)c1snc(Cl)c1Cl. The summed E-state index contributed by atoms with van der Waals surface area (Å²) >= 11 is 12.2. The predicted octanol–water partition coefficient (Wildman–Crippen LogP) is 1.72. The summed E-state index contributed by atoms with van der Waals surface area (Å²) in [6.07, 6.45) is -0.689. The van der Waals surface area contributed by atoms with E-state index in [0.29, 0.717) is 0 Å². The number of nitrogens with zero attached hydrogens (tertiary/aromatic N) is 2. The van der Waals surface area contributed by atoms with E-state index in [2.05, 4.69) is 9.69 Å². The second-order valence-electron chi connectivity index (χ2n) is 2.68. The number of amides is 1. The van der Waals surface area contributed by atoms with Crippen LogP contribution in [0, 0.1) is 11.3 Å². The van der Waals surface area contributed by atoms with Crippen molar-refractivity contribution in [3.63, 3.8) is 0 Å². The highest BCUT2D eigenvalue weighted by molar-refractivity contribution is 7.09. The summed E-state index contributed by atoms with van der Waals surface area (Å²) < 4.78 is 8.50. The Bertz CT molecular complexity index is 429. The van der Waals surface area contributed by atoms with E-state index in [1.54, 1.807) is 0 Å². The van der Waals surface area contributed by atoms with Gasteiger partial charge in [0.1, 0.15) is 9.90 Å². The summed E-state index contributed by atoms with van der Waals surface area (Å²) in [4.78, 5) is 11.8. The van der Waals surface area contributed by atoms with Crippen molar-refractivity contribution in [3.05, 3.63) is 15.1 Å². The van der Waals surface area contributed by atoms with E-state index >= 15 is 0 Å². The molecule has 0 saturated heterocycles. The minimum absolute atomic E-state index is 0.0810. The highest BCUT2D eigenvalue weighted by Gasteiger charge is 2.18. The summed E-state index contributed by atoms with van der Waals surface area (Å²) in [6, 6.07) is 1.87. The maximum Gasteiger partial charge on any atom is 0.264 e. The first kappa shape index (κ1) is 13.2. The Kier molecular flexibility index (Phi) is 4.96. The molecule has 0 aromatic carbocycles. The molecule has 0 spiro atoms. The van der Waals surface area contributed by atoms with Gasteiger partial charge < -0.3 is 10.1 Å². The first-order valence-corrected chi connectivity index (χ1v) is 5.64. The second-order valence-corrected chi connectivity index (χ2v) is 4.19. The first-order chi connectivity index (χ1) is 7.60. The number of carbonyl (C=O) groups is 1. The molecule has 0 aliphatic carbocycles. The Hall–Kier alpha value is -0.870. The number of methoxy groups -OCH3 is 1. The van der Waals surface area contributed by atoms with Crippen LogP contribution in [-0.4, -0.2) is 30.0 Å². The average Bonchev–Trinajstić information content (AvgIpc) is 2.61. The average molecular weight is 280 g/mol. The summed E-state index contributed by atoms with van der Waals surface area (Å²) in [7, 11) is 1.39. The summed E-state index contributed by atoms with van der Waals surface area (Å²) in [5, 5.41) is 11.3. The van der Waals surface area contributed by atoms with Crippen molar-refractivity contribution >= 4 is 40.6 Å². The van der Waals surface area contributed by atoms with Gasteiger partial charge in [-0.05, 0) is 11.5 Å². The molecule has 1 aromatic rings. The molecule has 0 aliphatic heterocycles. The van der Waals surface area contributed by atoms with E-state index in [4.69, 9.17) is 33.2 Å². The number of hydrogen-bond donors (Lipinski definition) is 1. The third-order valence-corrected chi connectivity index (χ3v) is 3.48. The lowest BCUT2D eigenvalue weighted by molar-refractivity contribution is 0.0914. The van der Waals surface area contributed by atoms with E-state index in [0.717, 1.165) is 11.5 Å². The third-order valence-electron chi connectivity index (χ3n) is 1.68. The Labute approximate surface area is 106 Å². The van der Waals surface area contributed by atoms with Crippen LogP contribution in [0.5, 0.6) is 0 Å². The van der Waals surface area contributed by atoms with Crippen LogP contribution in [-0.2, 0) is 4.74 Å². The smallest absolute Gasteiger partial charge is 0.264 e. The molecule has 0 bridgehead atoms. The van der Waals surface area contributed by atoms with Crippen LogP contribution < -0.4 is 5.32 Å². The molecule has 1 heterocycles. The number of nitrogens with one attached hydrogen (secondary N) is 1. The van der Waals surface area contributed by atoms with Crippen molar-refractivity contribution in [2.75, 3.05) is 13.7 Å². The van der Waals surface area contributed by atoms with Gasteiger partial charge in [0.25, 0.3) is 5.91 Å². The number of halogens is 2. The van der Waals surface area contributed by atoms with Crippen molar-refractivity contribution in [1.82, 2.24) is 9.69 Å². The molecule has 1 aromatic heterocycles. The lowest BCUT2D eigenvalue weighted by Gasteiger charge is -2.07. The largest absolute Gasteiger partial charge is 0.365 e. The van der Waals surface area contributed by atoms with Crippen LogP contribution in [0.15, 0.2) is 0 Å². The van der Waals surface area contributed by atoms with Gasteiger partial charge in [-0.3, -0.25) is 4.79 Å². The Morgan fingerprint density at radius 3 is 2.88 bits per heavy atom. The summed E-state index contributed by atoms with van der Waals surface area (Å²) in [5.74, 6) is -0.424. The predicted molar refractivity (Wildman–Crippen MR) is 60.9 cm³/mol. The molecule has 1 unspecified atom stereocenters. The molecule has 1 amide bonds. The zero-order valence-corrected chi connectivity index (χ0v) is 10.5. The molecule has 1 rings (SSSR count). The van der Waals surface area contributed by atoms with E-state index in [-0.39, 0.29) is 21.6 Å². The minimum Gasteiger partial charge on any atom is -0.365 e. The molecule has 16 heavy (non-hydrogen) atoms. The van der Waals surface area contributed by atoms with Crippen molar-refractivity contribution in [2.45, 2.75) is 6.10 Å². The lowest BCUT2D eigenvalue weighted by atomic mass is 10.3. The van der Waals surface area contributed by atoms with Gasteiger partial charge in [0.15, 0.2) is 11.3 Å². The topological polar surface area (TPSA) is 75.0 Å². The number of carbonyl (C=O) groups excluding carboxylic acids is 1. The molecular weight excluding hydrogens is 273 g/mol. The van der Waals surface area contributed by atoms with Gasteiger partial charge >= 0.3 is 0 Å². The molecule has 0 saturated carbocycles. The Morgan fingerprint density at radius 1 is 1.75 bits per heavy atom. The lowest BCUT2D eigenvalue weighted by Crippen LogP contribution is -2.32. The fourth-order valence-corrected chi connectivity index (χ4v) is 1.98. The second kappa shape index (κ2) is 6.01. The van der Waals surface area contributed by atoms with Crippen LogP contribution in [0.3, 0.4) is 0 Å². The van der Waals surface area contributed by atoms with Gasteiger partial charge in [-0.1, -0.05) is 23.2 Å². The molecule has 1 N–H and O–H groups in total. The zero-order valence-electron chi connectivity index (χ0n) is 8.16. The highest BCUT2D eigenvalue weighted by atomic mass is 35.5. The van der Waals surface area contributed by atoms with Crippen LogP contribution in [0.4, 0.5) is 0 Å². The van der Waals surface area contributed by atoms with E-state index in [1.165, 1.54) is 7.11 Å². The van der Waals surface area contributed by atoms with Crippen molar-refractivity contribution < 1.29 is 9.53 Å². The van der Waals surface area contributed by atoms with Crippen molar-refractivity contribution in [3.8, 4) is 6.07 Å². The van der Waals surface area contributed by atoms with Gasteiger partial charge in [-0.2, -0.15) is 9.64 Å². The summed E-state index contributed by atoms with van der Waals surface area (Å²) in [5.41, 5.74) is 0. The van der Waals surface area contributed by atoms with Gasteiger partial charge in [-0.25, -0.2) is 0 Å². The maximum absolute atomic E-state index is 11.6. The number of hydrogen-bond acceptors (Lipinski definition) is 5. The fourth-order valence-electron chi connectivity index (χ4n) is 0.848. The van der Waals surface area contributed by atoms with Crippen LogP contribution in [0.2, 0.25) is 10.2 Å². The Balaban J connectivity index is 2.60. The molecule has 5 nitrogen and oxygen atoms in total. The van der Waals surface area contributed by atoms with Gasteiger partial charge in [0.2, 0.25) is 0 Å². The van der Waals surface area contributed by atoms with Crippen LogP contribution in [0.1, 0.15) is 9.67 Å². The quantitative estimate of drug-likeness (QED) is 0.911. The Morgan fingerprint density at radius 2 is 2.44 bits per heavy atom. The van der Waals surface area contributed by atoms with Gasteiger partial charge in [0.05, 0.1) is 12.6 Å². The zero-order chi connectivity index (χ0) is 12.1.